The van der Waals surface area contributed by atoms with Gasteiger partial charge in [-0.05, 0) is 18.9 Å². The first kappa shape index (κ1) is 12.8. The highest BCUT2D eigenvalue weighted by atomic mass is 19.1. The van der Waals surface area contributed by atoms with Crippen molar-refractivity contribution in [3.05, 3.63) is 29.2 Å². The monoisotopic (exact) mass is 288 g/mol. The number of benzene rings is 1. The van der Waals surface area contributed by atoms with Crippen molar-refractivity contribution < 1.29 is 13.9 Å². The second-order valence-electron chi connectivity index (χ2n) is 5.64. The predicted octanol–water partition coefficient (Wildman–Crippen LogP) is 3.03. The number of hydrogen-bond acceptors (Lipinski definition) is 4. The lowest BCUT2D eigenvalue weighted by Crippen LogP contribution is -2.16. The summed E-state index contributed by atoms with van der Waals surface area (Å²) in [6.45, 7) is 1.24. The van der Waals surface area contributed by atoms with Gasteiger partial charge in [0.15, 0.2) is 11.6 Å². The lowest BCUT2D eigenvalue weighted by atomic mass is 10.0. The Labute approximate surface area is 122 Å². The molecule has 0 unspecified atom stereocenters. The summed E-state index contributed by atoms with van der Waals surface area (Å²) in [5.41, 5.74) is 3.84. The highest BCUT2D eigenvalue weighted by Gasteiger charge is 2.26. The summed E-state index contributed by atoms with van der Waals surface area (Å²) in [7, 11) is 1.48. The molecule has 5 heteroatoms. The second kappa shape index (κ2) is 4.84. The summed E-state index contributed by atoms with van der Waals surface area (Å²) in [6, 6.07) is 3.71. The van der Waals surface area contributed by atoms with E-state index in [4.69, 9.17) is 9.47 Å². The molecule has 4 nitrogen and oxygen atoms in total. The fraction of sp³-hybridized carbons (Fsp3) is 0.438. The van der Waals surface area contributed by atoms with Crippen LogP contribution in [0.5, 0.6) is 5.75 Å². The molecule has 0 atom stereocenters. The quantitative estimate of drug-likeness (QED) is 0.943. The molecule has 0 amide bonds. The number of nitrogens with zero attached hydrogens (tertiary/aromatic N) is 1. The first-order valence-corrected chi connectivity index (χ1v) is 7.29. The first-order valence-electron chi connectivity index (χ1n) is 7.29. The summed E-state index contributed by atoms with van der Waals surface area (Å²) in [5.74, 6) is -0.123. The third-order valence-corrected chi connectivity index (χ3v) is 4.10. The van der Waals surface area contributed by atoms with Crippen molar-refractivity contribution in [1.29, 1.82) is 0 Å². The number of ether oxygens (including phenoxy) is 2. The topological polar surface area (TPSA) is 43.4 Å². The van der Waals surface area contributed by atoms with Gasteiger partial charge in [-0.1, -0.05) is 0 Å². The van der Waals surface area contributed by atoms with Gasteiger partial charge in [0.05, 0.1) is 37.2 Å². The highest BCUT2D eigenvalue weighted by molar-refractivity contribution is 5.94. The average Bonchev–Trinajstić information content (AvgIpc) is 3.30. The molecule has 4 rings (SSSR count). The SMILES string of the molecule is COc1cc2c(NC3CC3)c3c(nc2cc1F)CCOC3. The molecular weight excluding hydrogens is 271 g/mol. The molecule has 1 aliphatic heterocycles. The van der Waals surface area contributed by atoms with Crippen molar-refractivity contribution in [2.24, 2.45) is 0 Å². The van der Waals surface area contributed by atoms with Crippen LogP contribution in [-0.2, 0) is 17.8 Å². The molecule has 1 saturated carbocycles. The summed E-state index contributed by atoms with van der Waals surface area (Å²) < 4.78 is 24.6. The molecule has 0 radical (unpaired) electrons. The van der Waals surface area contributed by atoms with Crippen LogP contribution in [0.15, 0.2) is 12.1 Å². The lowest BCUT2D eigenvalue weighted by molar-refractivity contribution is 0.110. The standard InChI is InChI=1S/C16H17FN2O2/c1-20-15-6-10-14(7-12(15)17)19-13-4-5-21-8-11(13)16(10)18-9-2-3-9/h6-7,9H,2-5,8H2,1H3,(H,18,19). The third kappa shape index (κ3) is 2.21. The van der Waals surface area contributed by atoms with Gasteiger partial charge in [0.2, 0.25) is 0 Å². The predicted molar refractivity (Wildman–Crippen MR) is 78.3 cm³/mol. The summed E-state index contributed by atoms with van der Waals surface area (Å²) in [4.78, 5) is 4.62. The molecule has 21 heavy (non-hydrogen) atoms. The minimum Gasteiger partial charge on any atom is -0.494 e. The molecule has 1 fully saturated rings. The minimum atomic E-state index is -0.373. The largest absolute Gasteiger partial charge is 0.494 e. The van der Waals surface area contributed by atoms with Gasteiger partial charge in [-0.2, -0.15) is 0 Å². The number of anilines is 1. The van der Waals surface area contributed by atoms with E-state index in [1.54, 1.807) is 6.07 Å². The van der Waals surface area contributed by atoms with Gasteiger partial charge < -0.3 is 14.8 Å². The molecule has 1 N–H and O–H groups in total. The third-order valence-electron chi connectivity index (χ3n) is 4.10. The maximum absolute atomic E-state index is 13.9. The maximum atomic E-state index is 13.9. The van der Waals surface area contributed by atoms with Crippen LogP contribution in [0, 0.1) is 5.82 Å². The van der Waals surface area contributed by atoms with Crippen molar-refractivity contribution in [2.45, 2.75) is 31.9 Å². The lowest BCUT2D eigenvalue weighted by Gasteiger charge is -2.22. The number of pyridine rings is 1. The van der Waals surface area contributed by atoms with Crippen LogP contribution in [0.2, 0.25) is 0 Å². The Morgan fingerprint density at radius 2 is 2.24 bits per heavy atom. The van der Waals surface area contributed by atoms with E-state index in [0.717, 1.165) is 28.8 Å². The molecule has 0 saturated heterocycles. The Bertz CT molecular complexity index is 713. The second-order valence-corrected chi connectivity index (χ2v) is 5.64. The van der Waals surface area contributed by atoms with E-state index >= 15 is 0 Å². The van der Waals surface area contributed by atoms with Gasteiger partial charge in [-0.15, -0.1) is 0 Å². The van der Waals surface area contributed by atoms with Crippen LogP contribution in [0.4, 0.5) is 10.1 Å². The fourth-order valence-electron chi connectivity index (χ4n) is 2.81. The average molecular weight is 288 g/mol. The molecule has 1 aliphatic carbocycles. The molecule has 0 spiro atoms. The van der Waals surface area contributed by atoms with Gasteiger partial charge in [0.25, 0.3) is 0 Å². The Morgan fingerprint density at radius 1 is 1.38 bits per heavy atom. The summed E-state index contributed by atoms with van der Waals surface area (Å²) in [6.07, 6.45) is 3.13. The van der Waals surface area contributed by atoms with Gasteiger partial charge >= 0.3 is 0 Å². The van der Waals surface area contributed by atoms with Gasteiger partial charge in [-0.25, -0.2) is 4.39 Å². The van der Waals surface area contributed by atoms with Crippen LogP contribution in [0.1, 0.15) is 24.1 Å². The summed E-state index contributed by atoms with van der Waals surface area (Å²) in [5, 5.41) is 4.47. The van der Waals surface area contributed by atoms with Crippen molar-refractivity contribution in [3.8, 4) is 5.75 Å². The van der Waals surface area contributed by atoms with Crippen molar-refractivity contribution in [1.82, 2.24) is 4.98 Å². The highest BCUT2D eigenvalue weighted by Crippen LogP contribution is 2.37. The molecule has 1 aromatic heterocycles. The van der Waals surface area contributed by atoms with Crippen molar-refractivity contribution in [2.75, 3.05) is 19.0 Å². The zero-order valence-electron chi connectivity index (χ0n) is 11.9. The number of hydrogen-bond donors (Lipinski definition) is 1. The van der Waals surface area contributed by atoms with E-state index in [2.05, 4.69) is 10.3 Å². The van der Waals surface area contributed by atoms with Crippen LogP contribution in [-0.4, -0.2) is 24.7 Å². The zero-order chi connectivity index (χ0) is 14.4. The van der Waals surface area contributed by atoms with E-state index in [0.29, 0.717) is 24.8 Å². The minimum absolute atomic E-state index is 0.250. The van der Waals surface area contributed by atoms with Crippen molar-refractivity contribution in [3.63, 3.8) is 0 Å². The van der Waals surface area contributed by atoms with Gasteiger partial charge in [0, 0.05) is 29.5 Å². The number of rotatable bonds is 3. The number of nitrogens with one attached hydrogen (secondary N) is 1. The van der Waals surface area contributed by atoms with E-state index in [1.807, 2.05) is 0 Å². The summed E-state index contributed by atoms with van der Waals surface area (Å²) >= 11 is 0. The first-order chi connectivity index (χ1) is 10.3. The molecule has 2 aliphatic rings. The molecule has 2 aromatic rings. The molecule has 0 bridgehead atoms. The fourth-order valence-corrected chi connectivity index (χ4v) is 2.81. The molecule has 2 heterocycles. The van der Waals surface area contributed by atoms with E-state index in [-0.39, 0.29) is 11.6 Å². The molecule has 110 valence electrons. The van der Waals surface area contributed by atoms with Gasteiger partial charge in [-0.3, -0.25) is 4.98 Å². The molecular formula is C16H17FN2O2. The number of aromatic nitrogens is 1. The maximum Gasteiger partial charge on any atom is 0.167 e. The number of fused-ring (bicyclic) bond motifs is 2. The smallest absolute Gasteiger partial charge is 0.167 e. The van der Waals surface area contributed by atoms with Gasteiger partial charge in [0.1, 0.15) is 0 Å². The zero-order valence-corrected chi connectivity index (χ0v) is 11.9. The van der Waals surface area contributed by atoms with E-state index in [1.165, 1.54) is 26.0 Å². The Hall–Kier alpha value is -1.88. The van der Waals surface area contributed by atoms with E-state index < -0.39 is 0 Å². The number of methoxy groups -OCH3 is 1. The van der Waals surface area contributed by atoms with Crippen LogP contribution in [0.3, 0.4) is 0 Å². The Kier molecular flexibility index (Phi) is 2.96. The van der Waals surface area contributed by atoms with Crippen LogP contribution in [0.25, 0.3) is 10.9 Å². The Morgan fingerprint density at radius 3 is 3.00 bits per heavy atom. The van der Waals surface area contributed by atoms with Crippen molar-refractivity contribution >= 4 is 16.6 Å². The van der Waals surface area contributed by atoms with Crippen LogP contribution >= 0.6 is 0 Å². The van der Waals surface area contributed by atoms with E-state index in [9.17, 15) is 4.39 Å². The number of halogens is 1. The Balaban J connectivity index is 1.96. The van der Waals surface area contributed by atoms with Crippen LogP contribution < -0.4 is 10.1 Å². The normalized spacial score (nSPS) is 17.6. The molecule has 1 aromatic carbocycles.